The lowest BCUT2D eigenvalue weighted by Gasteiger charge is -2.32. The summed E-state index contributed by atoms with van der Waals surface area (Å²) in [7, 11) is 7.71. The van der Waals surface area contributed by atoms with Crippen molar-refractivity contribution in [2.75, 3.05) is 45.4 Å². The van der Waals surface area contributed by atoms with Gasteiger partial charge in [0.05, 0.1) is 0 Å². The molecule has 1 rings (SSSR count). The second-order valence-corrected chi connectivity index (χ2v) is 6.47. The summed E-state index contributed by atoms with van der Waals surface area (Å²) < 4.78 is 0. The predicted molar refractivity (Wildman–Crippen MR) is 81.0 cm³/mol. The zero-order chi connectivity index (χ0) is 14.8. The molecule has 0 saturated carbocycles. The number of aromatic nitrogens is 1. The van der Waals surface area contributed by atoms with Crippen LogP contribution < -0.4 is 16.0 Å². The maximum atomic E-state index is 12.1. The van der Waals surface area contributed by atoms with E-state index in [1.54, 1.807) is 0 Å². The van der Waals surface area contributed by atoms with Crippen LogP contribution in [-0.4, -0.2) is 56.1 Å². The maximum absolute atomic E-state index is 12.1. The highest BCUT2D eigenvalue weighted by atomic mass is 32.1. The monoisotopic (exact) mass is 285 g/mol. The van der Waals surface area contributed by atoms with Crippen LogP contribution in [-0.2, 0) is 0 Å². The lowest BCUT2D eigenvalue weighted by molar-refractivity contribution is 0.0924. The highest BCUT2D eigenvalue weighted by Crippen LogP contribution is 2.26. The van der Waals surface area contributed by atoms with Gasteiger partial charge in [0.15, 0.2) is 5.13 Å². The van der Waals surface area contributed by atoms with E-state index >= 15 is 0 Å². The van der Waals surface area contributed by atoms with Crippen molar-refractivity contribution >= 4 is 28.2 Å². The van der Waals surface area contributed by atoms with Crippen molar-refractivity contribution in [1.82, 2.24) is 15.2 Å². The minimum absolute atomic E-state index is 0.112. The van der Waals surface area contributed by atoms with E-state index in [0.29, 0.717) is 11.4 Å². The van der Waals surface area contributed by atoms with E-state index in [1.165, 1.54) is 11.3 Å². The standard InChI is InChI=1S/C12H23N5OS/c1-12(2,17(5)6)7-14-10(18)8-9(13)15-11(19-8)16(3)4/h7,13H2,1-6H3,(H,14,18). The van der Waals surface area contributed by atoms with Crippen LogP contribution in [0.5, 0.6) is 0 Å². The van der Waals surface area contributed by atoms with Crippen LogP contribution in [0.25, 0.3) is 0 Å². The minimum atomic E-state index is -0.168. The lowest BCUT2D eigenvalue weighted by atomic mass is 10.0. The van der Waals surface area contributed by atoms with Gasteiger partial charge in [0.1, 0.15) is 10.7 Å². The molecular formula is C12H23N5OS. The van der Waals surface area contributed by atoms with Gasteiger partial charge in [-0.2, -0.15) is 0 Å². The van der Waals surface area contributed by atoms with Gasteiger partial charge < -0.3 is 20.9 Å². The number of anilines is 2. The fourth-order valence-corrected chi connectivity index (χ4v) is 2.03. The van der Waals surface area contributed by atoms with Crippen LogP contribution in [0.1, 0.15) is 23.5 Å². The third-order valence-corrected chi connectivity index (χ3v) is 4.36. The molecule has 0 unspecified atom stereocenters. The Labute approximate surface area is 118 Å². The molecule has 1 amide bonds. The molecule has 0 aliphatic rings. The molecule has 0 aliphatic carbocycles. The number of nitrogens with zero attached hydrogens (tertiary/aromatic N) is 3. The van der Waals surface area contributed by atoms with Gasteiger partial charge in [-0.15, -0.1) is 0 Å². The van der Waals surface area contributed by atoms with Gasteiger partial charge >= 0.3 is 0 Å². The molecular weight excluding hydrogens is 262 g/mol. The number of carbonyl (C=O) groups excluding carboxylic acids is 1. The van der Waals surface area contributed by atoms with Crippen LogP contribution in [0, 0.1) is 0 Å². The Morgan fingerprint density at radius 1 is 1.37 bits per heavy atom. The average molecular weight is 285 g/mol. The van der Waals surface area contributed by atoms with Crippen LogP contribution in [0.15, 0.2) is 0 Å². The predicted octanol–water partition coefficient (Wildman–Crippen LogP) is 0.861. The second-order valence-electron chi connectivity index (χ2n) is 5.49. The fourth-order valence-electron chi connectivity index (χ4n) is 1.21. The Morgan fingerprint density at radius 3 is 2.37 bits per heavy atom. The molecule has 3 N–H and O–H groups in total. The molecule has 0 fully saturated rings. The molecule has 1 aromatic rings. The number of hydrogen-bond acceptors (Lipinski definition) is 6. The molecule has 0 spiro atoms. The van der Waals surface area contributed by atoms with Gasteiger partial charge in [-0.1, -0.05) is 11.3 Å². The summed E-state index contributed by atoms with van der Waals surface area (Å²) in [5.41, 5.74) is 5.67. The number of nitrogen functional groups attached to an aromatic ring is 1. The minimum Gasteiger partial charge on any atom is -0.382 e. The first-order valence-electron chi connectivity index (χ1n) is 6.04. The third kappa shape index (κ3) is 3.81. The molecule has 7 heteroatoms. The number of likely N-dealkylation sites (N-methyl/N-ethyl adjacent to an activating group) is 1. The van der Waals surface area contributed by atoms with Crippen molar-refractivity contribution in [3.8, 4) is 0 Å². The summed E-state index contributed by atoms with van der Waals surface area (Å²) in [5, 5.41) is 3.64. The molecule has 0 aromatic carbocycles. The number of amides is 1. The van der Waals surface area contributed by atoms with Crippen molar-refractivity contribution in [3.63, 3.8) is 0 Å². The first kappa shape index (κ1) is 15.7. The topological polar surface area (TPSA) is 74.5 Å². The van der Waals surface area contributed by atoms with Crippen LogP contribution in [0.2, 0.25) is 0 Å². The van der Waals surface area contributed by atoms with Crippen LogP contribution in [0.3, 0.4) is 0 Å². The van der Waals surface area contributed by atoms with E-state index in [9.17, 15) is 4.79 Å². The van der Waals surface area contributed by atoms with E-state index in [-0.39, 0.29) is 17.3 Å². The van der Waals surface area contributed by atoms with Gasteiger partial charge in [-0.3, -0.25) is 4.79 Å². The normalized spacial score (nSPS) is 11.7. The number of rotatable bonds is 5. The Hall–Kier alpha value is -1.34. The quantitative estimate of drug-likeness (QED) is 0.839. The summed E-state index contributed by atoms with van der Waals surface area (Å²) in [6.07, 6.45) is 0. The number of nitrogens with one attached hydrogen (secondary N) is 1. The highest BCUT2D eigenvalue weighted by Gasteiger charge is 2.23. The van der Waals surface area contributed by atoms with Crippen molar-refractivity contribution in [1.29, 1.82) is 0 Å². The summed E-state index contributed by atoms with van der Waals surface area (Å²) in [6, 6.07) is 0. The second kappa shape index (κ2) is 5.75. The number of nitrogens with two attached hydrogens (primary N) is 1. The molecule has 6 nitrogen and oxygen atoms in total. The first-order valence-corrected chi connectivity index (χ1v) is 6.86. The zero-order valence-electron chi connectivity index (χ0n) is 12.4. The zero-order valence-corrected chi connectivity index (χ0v) is 13.3. The van der Waals surface area contributed by atoms with Crippen molar-refractivity contribution in [3.05, 3.63) is 4.88 Å². The van der Waals surface area contributed by atoms with Gasteiger partial charge in [0.25, 0.3) is 5.91 Å². The van der Waals surface area contributed by atoms with Gasteiger partial charge in [-0.05, 0) is 27.9 Å². The maximum Gasteiger partial charge on any atom is 0.265 e. The molecule has 0 saturated heterocycles. The molecule has 1 heterocycles. The van der Waals surface area contributed by atoms with E-state index in [0.717, 1.165) is 5.13 Å². The number of hydrogen-bond donors (Lipinski definition) is 2. The number of thiazole rings is 1. The molecule has 1 aromatic heterocycles. The third-order valence-electron chi connectivity index (χ3n) is 3.12. The Balaban J connectivity index is 2.74. The Kier molecular flexibility index (Phi) is 4.75. The van der Waals surface area contributed by atoms with Crippen molar-refractivity contribution in [2.24, 2.45) is 0 Å². The summed E-state index contributed by atoms with van der Waals surface area (Å²) in [4.78, 5) is 20.6. The van der Waals surface area contributed by atoms with E-state index in [1.807, 2.05) is 33.1 Å². The Morgan fingerprint density at radius 2 is 1.95 bits per heavy atom. The molecule has 108 valence electrons. The van der Waals surface area contributed by atoms with Crippen LogP contribution in [0.4, 0.5) is 10.9 Å². The summed E-state index contributed by atoms with van der Waals surface area (Å²) in [5.74, 6) is 0.117. The fraction of sp³-hybridized carbons (Fsp3) is 0.667. The smallest absolute Gasteiger partial charge is 0.265 e. The molecule has 0 radical (unpaired) electrons. The van der Waals surface area contributed by atoms with Crippen molar-refractivity contribution in [2.45, 2.75) is 19.4 Å². The van der Waals surface area contributed by atoms with Gasteiger partial charge in [0.2, 0.25) is 0 Å². The van der Waals surface area contributed by atoms with Crippen molar-refractivity contribution < 1.29 is 4.79 Å². The van der Waals surface area contributed by atoms with E-state index in [2.05, 4.69) is 29.0 Å². The number of carbonyl (C=O) groups is 1. The molecule has 0 aliphatic heterocycles. The SMILES string of the molecule is CN(C)c1nc(N)c(C(=O)NCC(C)(C)N(C)C)s1. The van der Waals surface area contributed by atoms with E-state index < -0.39 is 0 Å². The van der Waals surface area contributed by atoms with Crippen LogP contribution >= 0.6 is 11.3 Å². The highest BCUT2D eigenvalue weighted by molar-refractivity contribution is 7.18. The van der Waals surface area contributed by atoms with Gasteiger partial charge in [-0.25, -0.2) is 4.98 Å². The van der Waals surface area contributed by atoms with E-state index in [4.69, 9.17) is 5.73 Å². The van der Waals surface area contributed by atoms with Gasteiger partial charge in [0, 0.05) is 26.2 Å². The summed E-state index contributed by atoms with van der Waals surface area (Å²) in [6.45, 7) is 4.68. The molecule has 19 heavy (non-hydrogen) atoms. The molecule has 0 atom stereocenters. The largest absolute Gasteiger partial charge is 0.382 e. The average Bonchev–Trinajstić information content (AvgIpc) is 2.68. The lowest BCUT2D eigenvalue weighted by Crippen LogP contribution is -2.48. The molecule has 0 bridgehead atoms. The Bertz CT molecular complexity index is 453. The summed E-state index contributed by atoms with van der Waals surface area (Å²) >= 11 is 1.30. The first-order chi connectivity index (χ1) is 8.65.